The van der Waals surface area contributed by atoms with Gasteiger partial charge in [0.1, 0.15) is 0 Å². The lowest BCUT2D eigenvalue weighted by molar-refractivity contribution is -0.137. The fourth-order valence-corrected chi connectivity index (χ4v) is 9.01. The molecule has 0 aromatic rings. The third-order valence-electron chi connectivity index (χ3n) is 5.09. The van der Waals surface area contributed by atoms with Gasteiger partial charge in [0, 0.05) is 31.9 Å². The van der Waals surface area contributed by atoms with E-state index in [4.69, 9.17) is 31.3 Å². The number of hydrogen-bond acceptors (Lipinski definition) is 8. The van der Waals surface area contributed by atoms with E-state index in [1.807, 2.05) is 62.3 Å². The summed E-state index contributed by atoms with van der Waals surface area (Å²) in [4.78, 5) is 11.1. The molecule has 0 unspecified atom stereocenters. The van der Waals surface area contributed by atoms with Crippen molar-refractivity contribution in [2.24, 2.45) is 0 Å². The van der Waals surface area contributed by atoms with Gasteiger partial charge >= 0.3 is 23.6 Å². The molecule has 0 saturated heterocycles. The van der Waals surface area contributed by atoms with E-state index in [1.165, 1.54) is 6.08 Å². The Morgan fingerprint density at radius 2 is 0.976 bits per heavy atom. The minimum Gasteiger partial charge on any atom is -0.463 e. The predicted molar refractivity (Wildman–Crippen MR) is 177 cm³/mol. The van der Waals surface area contributed by atoms with Crippen LogP contribution in [-0.2, 0) is 36.1 Å². The molecule has 0 heterocycles. The average molecular weight is 635 g/mol. The van der Waals surface area contributed by atoms with E-state index < -0.39 is 23.6 Å². The molecule has 0 N–H and O–H groups in total. The number of carbonyl (C=O) groups excluding carboxylic acids is 1. The Morgan fingerprint density at radius 3 is 1.24 bits per heavy atom. The molecule has 0 aromatic heterocycles. The van der Waals surface area contributed by atoms with Crippen LogP contribution in [0.5, 0.6) is 0 Å². The van der Waals surface area contributed by atoms with Crippen LogP contribution < -0.4 is 0 Å². The molecule has 0 atom stereocenters. The first-order valence-corrected chi connectivity index (χ1v) is 19.5. The molecule has 0 aliphatic rings. The number of ether oxygens (including phenoxy) is 1. The van der Waals surface area contributed by atoms with Crippen LogP contribution in [-0.4, -0.2) is 66.8 Å². The number of esters is 1. The van der Waals surface area contributed by atoms with Gasteiger partial charge in [0.15, 0.2) is 0 Å². The summed E-state index contributed by atoms with van der Waals surface area (Å²) in [7, 11) is -5.62. The molecular weight excluding hydrogens is 569 g/mol. The molecule has 10 heteroatoms. The lowest BCUT2D eigenvalue weighted by atomic mass is 10.2. The third-order valence-corrected chi connectivity index (χ3v) is 11.2. The van der Waals surface area contributed by atoms with Crippen LogP contribution in [0, 0.1) is 0 Å². The Morgan fingerprint density at radius 1 is 0.619 bits per heavy atom. The van der Waals surface area contributed by atoms with Crippen molar-refractivity contribution < 1.29 is 36.1 Å². The van der Waals surface area contributed by atoms with Crippen molar-refractivity contribution in [3.63, 3.8) is 0 Å². The molecule has 0 aliphatic heterocycles. The number of carbonyl (C=O) groups is 1. The lowest BCUT2D eigenvalue weighted by Gasteiger charge is -2.41. The molecule has 0 saturated carbocycles. The highest BCUT2D eigenvalue weighted by molar-refractivity contribution is 6.66. The van der Waals surface area contributed by atoms with Gasteiger partial charge in [0.2, 0.25) is 0 Å². The minimum absolute atomic E-state index is 0.336. The van der Waals surface area contributed by atoms with Gasteiger partial charge in [-0.15, -0.1) is 0 Å². The van der Waals surface area contributed by atoms with Crippen LogP contribution in [0.1, 0.15) is 128 Å². The number of unbranched alkanes of at least 4 members (excludes halogenated alkanes) is 3. The number of rotatable bonds is 21. The molecule has 0 spiro atoms. The van der Waals surface area contributed by atoms with Crippen LogP contribution in [0.4, 0.5) is 0 Å². The van der Waals surface area contributed by atoms with Crippen molar-refractivity contribution in [1.82, 2.24) is 0 Å². The van der Waals surface area contributed by atoms with Gasteiger partial charge in [-0.2, -0.15) is 0 Å². The van der Waals surface area contributed by atoms with Crippen molar-refractivity contribution in [3.05, 3.63) is 24.9 Å². The van der Waals surface area contributed by atoms with Gasteiger partial charge in [-0.1, -0.05) is 53.2 Å². The van der Waals surface area contributed by atoms with Crippen LogP contribution in [0.3, 0.4) is 0 Å². The van der Waals surface area contributed by atoms with Crippen molar-refractivity contribution in [2.45, 2.75) is 151 Å². The van der Waals surface area contributed by atoms with Gasteiger partial charge in [-0.3, -0.25) is 0 Å². The fraction of sp³-hybridized carbons (Fsp3) is 0.844. The molecule has 0 fully saturated rings. The molecule has 0 aliphatic carbocycles. The van der Waals surface area contributed by atoms with Gasteiger partial charge in [0.05, 0.1) is 23.4 Å². The SMILES string of the molecule is C=CC(=O)OCCC[Si](OCCCC)(OCCCC)OCCCC.C=C[Si](OC(C)(C)C)(OC(C)(C)C)OC(C)(C)C. The summed E-state index contributed by atoms with van der Waals surface area (Å²) in [5.74, 6) is -0.395. The smallest absolute Gasteiger partial charge is 0.463 e. The van der Waals surface area contributed by atoms with Crippen LogP contribution in [0.25, 0.3) is 0 Å². The van der Waals surface area contributed by atoms with E-state index in [0.29, 0.717) is 38.9 Å². The van der Waals surface area contributed by atoms with E-state index in [2.05, 4.69) is 33.9 Å². The molecule has 0 rings (SSSR count). The maximum absolute atomic E-state index is 11.1. The Bertz CT molecular complexity index is 656. The van der Waals surface area contributed by atoms with E-state index in [0.717, 1.165) is 38.5 Å². The summed E-state index contributed by atoms with van der Waals surface area (Å²) in [5, 5.41) is 0. The molecular formula is C32H66O8Si2. The normalized spacial score (nSPS) is 12.9. The zero-order chi connectivity index (χ0) is 32.9. The molecule has 0 radical (unpaired) electrons. The largest absolute Gasteiger partial charge is 0.530 e. The zero-order valence-electron chi connectivity index (χ0n) is 29.3. The second-order valence-corrected chi connectivity index (χ2v) is 18.2. The summed E-state index contributed by atoms with van der Waals surface area (Å²) in [6, 6.07) is 0.675. The summed E-state index contributed by atoms with van der Waals surface area (Å²) in [6.07, 6.45) is 8.06. The second-order valence-electron chi connectivity index (χ2n) is 13.2. The minimum atomic E-state index is -2.91. The first-order valence-electron chi connectivity index (χ1n) is 15.8. The Hall–Kier alpha value is -0.856. The van der Waals surface area contributed by atoms with Crippen LogP contribution in [0.2, 0.25) is 6.04 Å². The summed E-state index contributed by atoms with van der Waals surface area (Å²) in [5.41, 5.74) is 0.708. The zero-order valence-corrected chi connectivity index (χ0v) is 31.3. The van der Waals surface area contributed by atoms with Crippen molar-refractivity contribution in [1.29, 1.82) is 0 Å². The molecule has 0 aromatic carbocycles. The van der Waals surface area contributed by atoms with Gasteiger partial charge in [0.25, 0.3) is 0 Å². The van der Waals surface area contributed by atoms with Gasteiger partial charge in [-0.25, -0.2) is 4.79 Å². The topological polar surface area (TPSA) is 81.7 Å². The molecule has 0 bridgehead atoms. The Kier molecular flexibility index (Phi) is 22.4. The average Bonchev–Trinajstić information content (AvgIpc) is 2.84. The van der Waals surface area contributed by atoms with Crippen molar-refractivity contribution in [2.75, 3.05) is 26.4 Å². The lowest BCUT2D eigenvalue weighted by Crippen LogP contribution is -2.56. The summed E-state index contributed by atoms with van der Waals surface area (Å²) >= 11 is 0. The number of hydrogen-bond donors (Lipinski definition) is 0. The fourth-order valence-electron chi connectivity index (χ4n) is 3.45. The van der Waals surface area contributed by atoms with Gasteiger partial charge in [-0.05, 0) is 93.7 Å². The quantitative estimate of drug-likeness (QED) is 0.0537. The second kappa shape index (κ2) is 21.8. The predicted octanol–water partition coefficient (Wildman–Crippen LogP) is 8.59. The van der Waals surface area contributed by atoms with Gasteiger partial charge < -0.3 is 31.3 Å². The Labute approximate surface area is 261 Å². The third kappa shape index (κ3) is 24.6. The molecule has 0 amide bonds. The van der Waals surface area contributed by atoms with E-state index >= 15 is 0 Å². The van der Waals surface area contributed by atoms with Crippen molar-refractivity contribution >= 4 is 23.6 Å². The first-order chi connectivity index (χ1) is 19.3. The van der Waals surface area contributed by atoms with E-state index in [9.17, 15) is 4.79 Å². The standard InChI is InChI=1S/C18H36O5Si.C14H30O3Si/c1-5-9-14-21-24(22-15-10-6-2,23-16-11-7-3)17-12-13-20-18(19)8-4;1-11-18(15-12(2,3)4,16-13(5,6)7)17-14(8,9)10/h8H,4-7,9-17H2,1-3H3;11H,1H2,2-10H3. The maximum Gasteiger partial charge on any atom is 0.530 e. The molecule has 42 heavy (non-hydrogen) atoms. The highest BCUT2D eigenvalue weighted by Crippen LogP contribution is 2.29. The van der Waals surface area contributed by atoms with Crippen LogP contribution in [0.15, 0.2) is 24.9 Å². The Balaban J connectivity index is 0. The molecule has 250 valence electrons. The van der Waals surface area contributed by atoms with E-state index in [1.54, 1.807) is 5.70 Å². The van der Waals surface area contributed by atoms with Crippen LogP contribution >= 0.6 is 0 Å². The first kappa shape index (κ1) is 43.3. The summed E-state index contributed by atoms with van der Waals surface area (Å²) in [6.45, 7) is 34.0. The van der Waals surface area contributed by atoms with Crippen molar-refractivity contribution in [3.8, 4) is 0 Å². The maximum atomic E-state index is 11.1. The highest BCUT2D eigenvalue weighted by Gasteiger charge is 2.47. The summed E-state index contributed by atoms with van der Waals surface area (Å²) < 4.78 is 41.8. The monoisotopic (exact) mass is 634 g/mol. The molecule has 8 nitrogen and oxygen atoms in total. The van der Waals surface area contributed by atoms with E-state index in [-0.39, 0.29) is 16.8 Å². The highest BCUT2D eigenvalue weighted by atomic mass is 28.4.